The van der Waals surface area contributed by atoms with Crippen molar-refractivity contribution in [1.29, 1.82) is 0 Å². The highest BCUT2D eigenvalue weighted by molar-refractivity contribution is 9.10. The van der Waals surface area contributed by atoms with Gasteiger partial charge in [0.05, 0.1) is 30.5 Å². The van der Waals surface area contributed by atoms with E-state index in [1.165, 1.54) is 0 Å². The third kappa shape index (κ3) is 7.75. The van der Waals surface area contributed by atoms with Gasteiger partial charge in [-0.15, -0.1) is 0 Å². The fourth-order valence-corrected chi connectivity index (χ4v) is 3.85. The molecule has 0 radical (unpaired) electrons. The first-order valence-corrected chi connectivity index (χ1v) is 12.7. The number of ether oxygens (including phenoxy) is 4. The summed E-state index contributed by atoms with van der Waals surface area (Å²) in [7, 11) is 0. The van der Waals surface area contributed by atoms with Crippen LogP contribution in [0.25, 0.3) is 0 Å². The van der Waals surface area contributed by atoms with Gasteiger partial charge >= 0.3 is 0 Å². The highest BCUT2D eigenvalue weighted by Gasteiger charge is 2.13. The largest absolute Gasteiger partial charge is 0.490 e. The number of hydrogen-bond donors (Lipinski definition) is 1. The van der Waals surface area contributed by atoms with E-state index in [4.69, 9.17) is 18.9 Å². The summed E-state index contributed by atoms with van der Waals surface area (Å²) in [5.41, 5.74) is 4.75. The number of amides is 1. The smallest absolute Gasteiger partial charge is 0.271 e. The Bertz CT molecular complexity index is 1170. The highest BCUT2D eigenvalue weighted by atomic mass is 79.9. The van der Waals surface area contributed by atoms with Gasteiger partial charge in [-0.25, -0.2) is 5.43 Å². The quantitative estimate of drug-likeness (QED) is 0.196. The second-order valence-corrected chi connectivity index (χ2v) is 8.53. The lowest BCUT2D eigenvalue weighted by Gasteiger charge is -2.14. The maximum absolute atomic E-state index is 12.7. The molecule has 1 amide bonds. The molecule has 0 unspecified atom stereocenters. The van der Waals surface area contributed by atoms with Gasteiger partial charge in [-0.1, -0.05) is 37.3 Å². The zero-order chi connectivity index (χ0) is 25.8. The molecule has 0 bridgehead atoms. The van der Waals surface area contributed by atoms with Crippen molar-refractivity contribution in [3.05, 3.63) is 81.8 Å². The maximum Gasteiger partial charge on any atom is 0.271 e. The van der Waals surface area contributed by atoms with Crippen LogP contribution in [-0.2, 0) is 6.61 Å². The van der Waals surface area contributed by atoms with Gasteiger partial charge in [0.15, 0.2) is 23.0 Å². The number of nitrogens with one attached hydrogen (secondary N) is 1. The van der Waals surface area contributed by atoms with E-state index >= 15 is 0 Å². The van der Waals surface area contributed by atoms with Crippen LogP contribution in [0.1, 0.15) is 48.7 Å². The highest BCUT2D eigenvalue weighted by Crippen LogP contribution is 2.36. The zero-order valence-corrected chi connectivity index (χ0v) is 22.3. The lowest BCUT2D eigenvalue weighted by Crippen LogP contribution is -2.17. The molecule has 0 aliphatic carbocycles. The molecule has 8 heteroatoms. The zero-order valence-electron chi connectivity index (χ0n) is 20.8. The minimum atomic E-state index is -0.367. The molecule has 3 aromatic carbocycles. The first kappa shape index (κ1) is 27.1. The number of hydrazone groups is 1. The molecular formula is C28H31BrN2O5. The van der Waals surface area contributed by atoms with Crippen LogP contribution in [0.4, 0.5) is 0 Å². The standard InChI is InChI=1S/C28H31BrN2O5/c1-4-14-35-27-23(29)15-21(16-26(27)34-6-3)18-30-31-28(32)22-12-13-24(25(17-22)33-5-2)36-19-20-10-8-7-9-11-20/h7-13,15-18H,4-6,14,19H2,1-3H3,(H,31,32)/b30-18+. The molecule has 0 aliphatic heterocycles. The van der Waals surface area contributed by atoms with Crippen molar-refractivity contribution in [2.45, 2.75) is 33.8 Å². The van der Waals surface area contributed by atoms with E-state index in [9.17, 15) is 4.79 Å². The van der Waals surface area contributed by atoms with Crippen LogP contribution >= 0.6 is 15.9 Å². The van der Waals surface area contributed by atoms with Crippen LogP contribution in [0.5, 0.6) is 23.0 Å². The van der Waals surface area contributed by atoms with Crippen molar-refractivity contribution in [3.63, 3.8) is 0 Å². The Labute approximate surface area is 220 Å². The maximum atomic E-state index is 12.7. The summed E-state index contributed by atoms with van der Waals surface area (Å²) in [5, 5.41) is 4.11. The molecule has 0 spiro atoms. The third-order valence-corrected chi connectivity index (χ3v) is 5.49. The molecule has 0 aliphatic rings. The summed E-state index contributed by atoms with van der Waals surface area (Å²) >= 11 is 3.53. The van der Waals surface area contributed by atoms with E-state index in [-0.39, 0.29) is 5.91 Å². The molecule has 3 aromatic rings. The Hall–Kier alpha value is -3.52. The summed E-state index contributed by atoms with van der Waals surface area (Å²) in [6.45, 7) is 7.76. The average molecular weight is 555 g/mol. The van der Waals surface area contributed by atoms with Gasteiger partial charge in [0.1, 0.15) is 6.61 Å². The van der Waals surface area contributed by atoms with E-state index in [2.05, 4.69) is 26.5 Å². The van der Waals surface area contributed by atoms with E-state index in [0.717, 1.165) is 22.0 Å². The van der Waals surface area contributed by atoms with Gasteiger partial charge in [-0.3, -0.25) is 4.79 Å². The minimum Gasteiger partial charge on any atom is -0.490 e. The molecule has 1 N–H and O–H groups in total. The molecular weight excluding hydrogens is 524 g/mol. The van der Waals surface area contributed by atoms with E-state index < -0.39 is 0 Å². The third-order valence-electron chi connectivity index (χ3n) is 4.90. The number of rotatable bonds is 13. The molecule has 0 fully saturated rings. The van der Waals surface area contributed by atoms with Crippen LogP contribution in [0.2, 0.25) is 0 Å². The van der Waals surface area contributed by atoms with Crippen LogP contribution in [0.15, 0.2) is 70.2 Å². The van der Waals surface area contributed by atoms with E-state index in [1.807, 2.05) is 63.2 Å². The Morgan fingerprint density at radius 1 is 0.889 bits per heavy atom. The Balaban J connectivity index is 1.69. The summed E-state index contributed by atoms with van der Waals surface area (Å²) in [6.07, 6.45) is 2.44. The van der Waals surface area contributed by atoms with Crippen molar-refractivity contribution in [2.24, 2.45) is 5.10 Å². The van der Waals surface area contributed by atoms with Gasteiger partial charge in [0.25, 0.3) is 5.91 Å². The van der Waals surface area contributed by atoms with Crippen molar-refractivity contribution in [3.8, 4) is 23.0 Å². The summed E-state index contributed by atoms with van der Waals surface area (Å²) in [4.78, 5) is 12.7. The van der Waals surface area contributed by atoms with Gasteiger partial charge in [0, 0.05) is 5.56 Å². The normalized spacial score (nSPS) is 10.8. The Morgan fingerprint density at radius 3 is 2.36 bits per heavy atom. The lowest BCUT2D eigenvalue weighted by atomic mass is 10.2. The average Bonchev–Trinajstić information content (AvgIpc) is 2.88. The predicted octanol–water partition coefficient (Wildman–Crippen LogP) is 6.38. The second-order valence-electron chi connectivity index (χ2n) is 7.68. The second kappa shape index (κ2) is 14.1. The van der Waals surface area contributed by atoms with Gasteiger partial charge < -0.3 is 18.9 Å². The van der Waals surface area contributed by atoms with Gasteiger partial charge in [-0.2, -0.15) is 5.10 Å². The Morgan fingerprint density at radius 2 is 1.64 bits per heavy atom. The number of hydrogen-bond acceptors (Lipinski definition) is 6. The SMILES string of the molecule is CCCOc1c(Br)cc(/C=N/NC(=O)c2ccc(OCc3ccccc3)c(OCC)c2)cc1OCC. The summed E-state index contributed by atoms with van der Waals surface area (Å²) in [6, 6.07) is 18.6. The van der Waals surface area contributed by atoms with Crippen molar-refractivity contribution < 1.29 is 23.7 Å². The Kier molecular flexibility index (Phi) is 10.6. The fourth-order valence-electron chi connectivity index (χ4n) is 3.27. The summed E-state index contributed by atoms with van der Waals surface area (Å²) < 4.78 is 23.9. The van der Waals surface area contributed by atoms with Crippen LogP contribution in [0, 0.1) is 0 Å². The topological polar surface area (TPSA) is 78.4 Å². The van der Waals surface area contributed by atoms with Crippen molar-refractivity contribution in [2.75, 3.05) is 19.8 Å². The molecule has 3 rings (SSSR count). The number of carbonyl (C=O) groups is 1. The minimum absolute atomic E-state index is 0.367. The predicted molar refractivity (Wildman–Crippen MR) is 145 cm³/mol. The molecule has 0 heterocycles. The van der Waals surface area contributed by atoms with Crippen LogP contribution in [0.3, 0.4) is 0 Å². The molecule has 36 heavy (non-hydrogen) atoms. The fraction of sp³-hybridized carbons (Fsp3) is 0.286. The summed E-state index contributed by atoms with van der Waals surface area (Å²) in [5.74, 6) is 1.96. The molecule has 7 nitrogen and oxygen atoms in total. The van der Waals surface area contributed by atoms with Crippen molar-refractivity contribution in [1.82, 2.24) is 5.43 Å². The molecule has 0 saturated carbocycles. The van der Waals surface area contributed by atoms with Gasteiger partial charge in [-0.05, 0) is 77.7 Å². The van der Waals surface area contributed by atoms with Gasteiger partial charge in [0.2, 0.25) is 0 Å². The van der Waals surface area contributed by atoms with E-state index in [0.29, 0.717) is 55.0 Å². The molecule has 190 valence electrons. The number of benzene rings is 3. The van der Waals surface area contributed by atoms with E-state index in [1.54, 1.807) is 24.4 Å². The molecule has 0 saturated heterocycles. The van der Waals surface area contributed by atoms with Crippen LogP contribution in [-0.4, -0.2) is 31.9 Å². The molecule has 0 atom stereocenters. The first-order valence-electron chi connectivity index (χ1n) is 11.9. The number of nitrogens with zero attached hydrogens (tertiary/aromatic N) is 1. The lowest BCUT2D eigenvalue weighted by molar-refractivity contribution is 0.0954. The number of carbonyl (C=O) groups excluding carboxylic acids is 1. The monoisotopic (exact) mass is 554 g/mol. The first-order chi connectivity index (χ1) is 17.5. The van der Waals surface area contributed by atoms with Crippen molar-refractivity contribution >= 4 is 28.1 Å². The van der Waals surface area contributed by atoms with Crippen LogP contribution < -0.4 is 24.4 Å². The number of halogens is 1. The molecule has 0 aromatic heterocycles.